The first-order valence-electron chi connectivity index (χ1n) is 6.52. The molecule has 0 radical (unpaired) electrons. The van der Waals surface area contributed by atoms with Crippen LogP contribution in [0.15, 0.2) is 18.2 Å². The quantitative estimate of drug-likeness (QED) is 0.794. The maximum absolute atomic E-state index is 11.9. The molecule has 1 unspecified atom stereocenters. The average Bonchev–Trinajstić information content (AvgIpc) is 2.30. The molecule has 1 atom stereocenters. The number of amides is 2. The van der Waals surface area contributed by atoms with Crippen LogP contribution in [-0.2, 0) is 0 Å². The van der Waals surface area contributed by atoms with Crippen molar-refractivity contribution in [1.82, 2.24) is 5.32 Å². The third kappa shape index (κ3) is 4.26. The number of aryl methyl sites for hydroxylation is 1. The summed E-state index contributed by atoms with van der Waals surface area (Å²) in [5.41, 5.74) is 1.42. The Kier molecular flexibility index (Phi) is 4.76. The van der Waals surface area contributed by atoms with Crippen LogP contribution in [0.3, 0.4) is 0 Å². The predicted octanol–water partition coefficient (Wildman–Crippen LogP) is 3.25. The van der Waals surface area contributed by atoms with Gasteiger partial charge in [-0.05, 0) is 37.0 Å². The fourth-order valence-corrected chi connectivity index (χ4v) is 1.46. The molecule has 20 heavy (non-hydrogen) atoms. The molecule has 0 heterocycles. The summed E-state index contributed by atoms with van der Waals surface area (Å²) >= 11 is 0. The Hall–Kier alpha value is -2.04. The maximum atomic E-state index is 11.9. The summed E-state index contributed by atoms with van der Waals surface area (Å²) in [6, 6.07) is 4.30. The fraction of sp³-hybridized carbons (Fsp3) is 0.467. The minimum atomic E-state index is -1.02. The smallest absolute Gasteiger partial charge is 0.335 e. The van der Waals surface area contributed by atoms with Crippen molar-refractivity contribution in [2.45, 2.75) is 40.7 Å². The second-order valence-corrected chi connectivity index (χ2v) is 6.02. The van der Waals surface area contributed by atoms with E-state index in [0.29, 0.717) is 5.69 Å². The Morgan fingerprint density at radius 2 is 1.85 bits per heavy atom. The molecular formula is C15H22N2O3. The van der Waals surface area contributed by atoms with Gasteiger partial charge in [-0.2, -0.15) is 0 Å². The lowest BCUT2D eigenvalue weighted by Crippen LogP contribution is -2.43. The highest BCUT2D eigenvalue weighted by Crippen LogP contribution is 2.20. The number of rotatable bonds is 3. The molecule has 2 amide bonds. The van der Waals surface area contributed by atoms with Crippen molar-refractivity contribution in [2.24, 2.45) is 5.41 Å². The first kappa shape index (κ1) is 16.0. The van der Waals surface area contributed by atoms with E-state index in [1.54, 1.807) is 6.07 Å². The van der Waals surface area contributed by atoms with Gasteiger partial charge in [-0.1, -0.05) is 26.8 Å². The van der Waals surface area contributed by atoms with Gasteiger partial charge in [-0.25, -0.2) is 9.59 Å². The number of anilines is 1. The summed E-state index contributed by atoms with van der Waals surface area (Å²) in [5, 5.41) is 14.5. The fourth-order valence-electron chi connectivity index (χ4n) is 1.46. The molecule has 0 saturated carbocycles. The Balaban J connectivity index is 2.80. The van der Waals surface area contributed by atoms with Crippen LogP contribution in [-0.4, -0.2) is 23.1 Å². The van der Waals surface area contributed by atoms with Crippen molar-refractivity contribution in [3.63, 3.8) is 0 Å². The minimum Gasteiger partial charge on any atom is -0.478 e. The lowest BCUT2D eigenvalue weighted by Gasteiger charge is -2.28. The molecule has 0 aliphatic carbocycles. The third-order valence-corrected chi connectivity index (χ3v) is 3.38. The molecule has 5 heteroatoms. The van der Waals surface area contributed by atoms with Crippen LogP contribution in [0.5, 0.6) is 0 Å². The second kappa shape index (κ2) is 5.94. The summed E-state index contributed by atoms with van der Waals surface area (Å²) in [7, 11) is 0. The normalized spacial score (nSPS) is 12.7. The summed E-state index contributed by atoms with van der Waals surface area (Å²) < 4.78 is 0. The van der Waals surface area contributed by atoms with Gasteiger partial charge in [0, 0.05) is 11.7 Å². The first-order chi connectivity index (χ1) is 9.11. The van der Waals surface area contributed by atoms with Crippen LogP contribution in [0.25, 0.3) is 0 Å². The topological polar surface area (TPSA) is 78.4 Å². The number of urea groups is 1. The summed E-state index contributed by atoms with van der Waals surface area (Å²) in [4.78, 5) is 22.9. The standard InChI is InChI=1S/C15H22N2O3/c1-9-6-7-11(13(18)19)8-12(9)17-14(20)16-10(2)15(3,4)5/h6-8,10H,1-5H3,(H,18,19)(H2,16,17,20). The van der Waals surface area contributed by atoms with Gasteiger partial charge < -0.3 is 15.7 Å². The number of carbonyl (C=O) groups is 2. The van der Waals surface area contributed by atoms with Crippen molar-refractivity contribution in [2.75, 3.05) is 5.32 Å². The van der Waals surface area contributed by atoms with Crippen LogP contribution in [0, 0.1) is 12.3 Å². The van der Waals surface area contributed by atoms with E-state index in [0.717, 1.165) is 5.56 Å². The van der Waals surface area contributed by atoms with Crippen LogP contribution in [0.2, 0.25) is 0 Å². The van der Waals surface area contributed by atoms with Gasteiger partial charge in [-0.15, -0.1) is 0 Å². The van der Waals surface area contributed by atoms with Gasteiger partial charge >= 0.3 is 12.0 Å². The molecule has 1 rings (SSSR count). The first-order valence-corrected chi connectivity index (χ1v) is 6.52. The molecule has 5 nitrogen and oxygen atoms in total. The molecular weight excluding hydrogens is 256 g/mol. The molecule has 110 valence electrons. The maximum Gasteiger partial charge on any atom is 0.335 e. The van der Waals surface area contributed by atoms with E-state index in [1.807, 2.05) is 34.6 Å². The van der Waals surface area contributed by atoms with Gasteiger partial charge in [-0.3, -0.25) is 0 Å². The zero-order valence-electron chi connectivity index (χ0n) is 12.6. The number of nitrogens with one attached hydrogen (secondary N) is 2. The highest BCUT2D eigenvalue weighted by molar-refractivity contribution is 5.94. The highest BCUT2D eigenvalue weighted by atomic mass is 16.4. The number of hydrogen-bond donors (Lipinski definition) is 3. The van der Waals surface area contributed by atoms with E-state index < -0.39 is 5.97 Å². The number of hydrogen-bond acceptors (Lipinski definition) is 2. The van der Waals surface area contributed by atoms with E-state index in [-0.39, 0.29) is 23.1 Å². The minimum absolute atomic E-state index is 0.00883. The summed E-state index contributed by atoms with van der Waals surface area (Å²) in [5.74, 6) is -1.02. The van der Waals surface area contributed by atoms with E-state index in [1.165, 1.54) is 12.1 Å². The van der Waals surface area contributed by atoms with Gasteiger partial charge in [0.2, 0.25) is 0 Å². The molecule has 0 aliphatic heterocycles. The predicted molar refractivity (Wildman–Crippen MR) is 79.2 cm³/mol. The van der Waals surface area contributed by atoms with Crippen molar-refractivity contribution in [3.8, 4) is 0 Å². The molecule has 0 saturated heterocycles. The molecule has 0 spiro atoms. The number of carbonyl (C=O) groups excluding carboxylic acids is 1. The zero-order valence-corrected chi connectivity index (χ0v) is 12.6. The number of carboxylic acid groups (broad SMARTS) is 1. The Morgan fingerprint density at radius 3 is 2.35 bits per heavy atom. The lowest BCUT2D eigenvalue weighted by molar-refractivity contribution is 0.0697. The third-order valence-electron chi connectivity index (χ3n) is 3.38. The monoisotopic (exact) mass is 278 g/mol. The van der Waals surface area contributed by atoms with Crippen molar-refractivity contribution in [1.29, 1.82) is 0 Å². The Morgan fingerprint density at radius 1 is 1.25 bits per heavy atom. The van der Waals surface area contributed by atoms with Crippen molar-refractivity contribution < 1.29 is 14.7 Å². The summed E-state index contributed by atoms with van der Waals surface area (Å²) in [6.07, 6.45) is 0. The molecule has 1 aromatic carbocycles. The molecule has 1 aromatic rings. The molecule has 0 aromatic heterocycles. The summed E-state index contributed by atoms with van der Waals surface area (Å²) in [6.45, 7) is 9.85. The zero-order chi connectivity index (χ0) is 15.5. The van der Waals surface area contributed by atoms with E-state index in [4.69, 9.17) is 5.11 Å². The lowest BCUT2D eigenvalue weighted by atomic mass is 9.88. The number of aromatic carboxylic acids is 1. The van der Waals surface area contributed by atoms with Gasteiger partial charge in [0.25, 0.3) is 0 Å². The Labute approximate surface area is 119 Å². The molecule has 0 fully saturated rings. The van der Waals surface area contributed by atoms with Crippen molar-refractivity contribution >= 4 is 17.7 Å². The molecule has 3 N–H and O–H groups in total. The highest BCUT2D eigenvalue weighted by Gasteiger charge is 2.21. The van der Waals surface area contributed by atoms with E-state index in [9.17, 15) is 9.59 Å². The number of carboxylic acids is 1. The average molecular weight is 278 g/mol. The van der Waals surface area contributed by atoms with Gasteiger partial charge in [0.1, 0.15) is 0 Å². The second-order valence-electron chi connectivity index (χ2n) is 6.02. The SMILES string of the molecule is Cc1ccc(C(=O)O)cc1NC(=O)NC(C)C(C)(C)C. The van der Waals surface area contributed by atoms with Gasteiger partial charge in [0.05, 0.1) is 5.56 Å². The van der Waals surface area contributed by atoms with Gasteiger partial charge in [0.15, 0.2) is 0 Å². The molecule has 0 aliphatic rings. The van der Waals surface area contributed by atoms with E-state index in [2.05, 4.69) is 10.6 Å². The van der Waals surface area contributed by atoms with Crippen molar-refractivity contribution in [3.05, 3.63) is 29.3 Å². The molecule has 0 bridgehead atoms. The van der Waals surface area contributed by atoms with Crippen LogP contribution in [0.4, 0.5) is 10.5 Å². The van der Waals surface area contributed by atoms with Crippen LogP contribution in [0.1, 0.15) is 43.6 Å². The van der Waals surface area contributed by atoms with Crippen LogP contribution < -0.4 is 10.6 Å². The largest absolute Gasteiger partial charge is 0.478 e. The number of benzene rings is 1. The van der Waals surface area contributed by atoms with E-state index >= 15 is 0 Å². The van der Waals surface area contributed by atoms with Crippen LogP contribution >= 0.6 is 0 Å². The Bertz CT molecular complexity index is 518.